The molecule has 0 bridgehead atoms. The third-order valence-electron chi connectivity index (χ3n) is 2.30. The van der Waals surface area contributed by atoms with Crippen LogP contribution in [0.15, 0.2) is 24.3 Å². The minimum Gasteiger partial charge on any atom is -0.310 e. The molecule has 0 aromatic heterocycles. The number of benzene rings is 1. The van der Waals surface area contributed by atoms with Crippen LogP contribution in [0, 0.1) is 6.92 Å². The predicted molar refractivity (Wildman–Crippen MR) is 62.5 cm³/mol. The van der Waals surface area contributed by atoms with Crippen molar-refractivity contribution in [2.45, 2.75) is 39.7 Å². The average Bonchev–Trinajstić information content (AvgIpc) is 2.07. The highest BCUT2D eigenvalue weighted by molar-refractivity contribution is 5.25. The monoisotopic (exact) mass is 191 g/mol. The highest BCUT2D eigenvalue weighted by Gasteiger charge is 2.17. The van der Waals surface area contributed by atoms with Crippen molar-refractivity contribution in [3.8, 4) is 0 Å². The first-order valence-corrected chi connectivity index (χ1v) is 5.57. The van der Waals surface area contributed by atoms with Crippen LogP contribution in [0.1, 0.15) is 43.9 Å². The molecule has 1 saturated heterocycles. The van der Waals surface area contributed by atoms with Crippen molar-refractivity contribution in [2.24, 2.45) is 0 Å². The fourth-order valence-corrected chi connectivity index (χ4v) is 1.37. The molecule has 1 aliphatic rings. The van der Waals surface area contributed by atoms with Crippen LogP contribution in [0.4, 0.5) is 0 Å². The fraction of sp³-hybridized carbons (Fsp3) is 0.538. The molecule has 0 spiro atoms. The third-order valence-corrected chi connectivity index (χ3v) is 2.30. The second-order valence-electron chi connectivity index (χ2n) is 3.91. The minimum absolute atomic E-state index is 0.635. The van der Waals surface area contributed by atoms with E-state index >= 15 is 0 Å². The molecular formula is C13H21N. The largest absolute Gasteiger partial charge is 0.310 e. The summed E-state index contributed by atoms with van der Waals surface area (Å²) in [5.74, 6) is 0. The van der Waals surface area contributed by atoms with Gasteiger partial charge in [-0.25, -0.2) is 0 Å². The van der Waals surface area contributed by atoms with Gasteiger partial charge in [0.25, 0.3) is 0 Å². The van der Waals surface area contributed by atoms with Gasteiger partial charge in [0.2, 0.25) is 0 Å². The van der Waals surface area contributed by atoms with Crippen molar-refractivity contribution in [1.82, 2.24) is 5.32 Å². The molecule has 0 amide bonds. The van der Waals surface area contributed by atoms with Gasteiger partial charge < -0.3 is 5.32 Å². The Balaban J connectivity index is 0.000000293. The second-order valence-corrected chi connectivity index (χ2v) is 3.91. The molecule has 0 saturated carbocycles. The lowest BCUT2D eigenvalue weighted by molar-refractivity contribution is 0.383. The lowest BCUT2D eigenvalue weighted by Crippen LogP contribution is -2.34. The van der Waals surface area contributed by atoms with Crippen molar-refractivity contribution in [2.75, 3.05) is 6.54 Å². The van der Waals surface area contributed by atoms with Crippen molar-refractivity contribution < 1.29 is 0 Å². The van der Waals surface area contributed by atoms with Gasteiger partial charge in [0.1, 0.15) is 0 Å². The molecule has 2 rings (SSSR count). The zero-order valence-corrected chi connectivity index (χ0v) is 9.51. The molecule has 1 N–H and O–H groups in total. The summed E-state index contributed by atoms with van der Waals surface area (Å²) in [5.41, 5.74) is 2.77. The predicted octanol–water partition coefficient (Wildman–Crippen LogP) is 3.45. The smallest absolute Gasteiger partial charge is 0.0332 e. The number of nitrogens with one attached hydrogen (secondary N) is 1. The summed E-state index contributed by atoms with van der Waals surface area (Å²) in [7, 11) is 0. The molecule has 14 heavy (non-hydrogen) atoms. The topological polar surface area (TPSA) is 12.0 Å². The number of hydrogen-bond donors (Lipinski definition) is 1. The first-order valence-electron chi connectivity index (χ1n) is 5.57. The third kappa shape index (κ3) is 3.15. The molecular weight excluding hydrogens is 170 g/mol. The van der Waals surface area contributed by atoms with Gasteiger partial charge in [-0.3, -0.25) is 0 Å². The summed E-state index contributed by atoms with van der Waals surface area (Å²) in [5, 5.41) is 3.38. The van der Waals surface area contributed by atoms with E-state index in [0.717, 1.165) is 0 Å². The molecule has 1 unspecified atom stereocenters. The molecule has 1 fully saturated rings. The number of rotatable bonds is 1. The molecule has 0 aliphatic carbocycles. The van der Waals surface area contributed by atoms with E-state index in [0.29, 0.717) is 6.04 Å². The number of aryl methyl sites for hydroxylation is 1. The van der Waals surface area contributed by atoms with E-state index in [1.54, 1.807) is 0 Å². The van der Waals surface area contributed by atoms with Gasteiger partial charge in [0.15, 0.2) is 0 Å². The second kappa shape index (κ2) is 5.82. The van der Waals surface area contributed by atoms with Crippen molar-refractivity contribution >= 4 is 0 Å². The van der Waals surface area contributed by atoms with Crippen LogP contribution in [0.2, 0.25) is 0 Å². The van der Waals surface area contributed by atoms with Gasteiger partial charge in [-0.2, -0.15) is 0 Å². The van der Waals surface area contributed by atoms with E-state index < -0.39 is 0 Å². The first-order chi connectivity index (χ1) is 6.77. The van der Waals surface area contributed by atoms with Gasteiger partial charge in [-0.15, -0.1) is 0 Å². The molecule has 1 aliphatic heterocycles. The Morgan fingerprint density at radius 1 is 1.21 bits per heavy atom. The van der Waals surface area contributed by atoms with E-state index in [1.807, 2.05) is 0 Å². The molecule has 1 heteroatoms. The molecule has 78 valence electrons. The Morgan fingerprint density at radius 3 is 2.07 bits per heavy atom. The Kier molecular flexibility index (Phi) is 4.68. The fourth-order valence-electron chi connectivity index (χ4n) is 1.37. The average molecular weight is 191 g/mol. The first kappa shape index (κ1) is 11.3. The quantitative estimate of drug-likeness (QED) is 0.717. The zero-order valence-electron chi connectivity index (χ0n) is 9.51. The number of hydrogen-bond acceptors (Lipinski definition) is 1. The standard InChI is InChI=1S/C10H13N.C3H8/c1-8-2-4-9(5-3-8)10-6-7-11-10;1-3-2/h2-5,10-11H,6-7H2,1H3;3H2,1-2H3. The molecule has 1 aromatic rings. The lowest BCUT2D eigenvalue weighted by atomic mass is 9.97. The summed E-state index contributed by atoms with van der Waals surface area (Å²) >= 11 is 0. The Morgan fingerprint density at radius 2 is 1.71 bits per heavy atom. The summed E-state index contributed by atoms with van der Waals surface area (Å²) in [6.07, 6.45) is 2.54. The van der Waals surface area contributed by atoms with Gasteiger partial charge >= 0.3 is 0 Å². The maximum Gasteiger partial charge on any atom is 0.0332 e. The van der Waals surface area contributed by atoms with Crippen LogP contribution in [0.5, 0.6) is 0 Å². The molecule has 1 aromatic carbocycles. The van der Waals surface area contributed by atoms with Gasteiger partial charge in [0.05, 0.1) is 0 Å². The molecule has 1 atom stereocenters. The van der Waals surface area contributed by atoms with E-state index in [4.69, 9.17) is 0 Å². The Bertz CT molecular complexity index is 246. The Labute approximate surface area is 87.5 Å². The zero-order chi connectivity index (χ0) is 10.4. The van der Waals surface area contributed by atoms with Gasteiger partial charge in [0, 0.05) is 6.04 Å². The lowest BCUT2D eigenvalue weighted by Gasteiger charge is -2.27. The summed E-state index contributed by atoms with van der Waals surface area (Å²) < 4.78 is 0. The maximum absolute atomic E-state index is 3.38. The summed E-state index contributed by atoms with van der Waals surface area (Å²) in [6.45, 7) is 7.55. The van der Waals surface area contributed by atoms with Crippen molar-refractivity contribution in [1.29, 1.82) is 0 Å². The van der Waals surface area contributed by atoms with E-state index in [-0.39, 0.29) is 0 Å². The van der Waals surface area contributed by atoms with Crippen molar-refractivity contribution in [3.05, 3.63) is 35.4 Å². The van der Waals surface area contributed by atoms with Gasteiger partial charge in [-0.05, 0) is 25.5 Å². The van der Waals surface area contributed by atoms with E-state index in [2.05, 4.69) is 50.4 Å². The van der Waals surface area contributed by atoms with E-state index in [1.165, 1.54) is 30.5 Å². The minimum atomic E-state index is 0.635. The summed E-state index contributed by atoms with van der Waals surface area (Å²) in [4.78, 5) is 0. The highest BCUT2D eigenvalue weighted by atomic mass is 15.0. The normalized spacial score (nSPS) is 19.2. The van der Waals surface area contributed by atoms with Crippen LogP contribution < -0.4 is 5.32 Å². The van der Waals surface area contributed by atoms with E-state index in [9.17, 15) is 0 Å². The maximum atomic E-state index is 3.38. The Hall–Kier alpha value is -0.820. The van der Waals surface area contributed by atoms with Crippen LogP contribution >= 0.6 is 0 Å². The molecule has 0 radical (unpaired) electrons. The van der Waals surface area contributed by atoms with Gasteiger partial charge in [-0.1, -0.05) is 50.1 Å². The van der Waals surface area contributed by atoms with Crippen molar-refractivity contribution in [3.63, 3.8) is 0 Å². The highest BCUT2D eigenvalue weighted by Crippen LogP contribution is 2.22. The van der Waals surface area contributed by atoms with Crippen LogP contribution in [-0.2, 0) is 0 Å². The molecule has 1 nitrogen and oxygen atoms in total. The van der Waals surface area contributed by atoms with Crippen LogP contribution in [0.3, 0.4) is 0 Å². The van der Waals surface area contributed by atoms with Crippen LogP contribution in [-0.4, -0.2) is 6.54 Å². The molecule has 1 heterocycles. The van der Waals surface area contributed by atoms with Crippen LogP contribution in [0.25, 0.3) is 0 Å². The SMILES string of the molecule is CCC.Cc1ccc(C2CCN2)cc1. The summed E-state index contributed by atoms with van der Waals surface area (Å²) in [6, 6.07) is 9.42.